The van der Waals surface area contributed by atoms with E-state index in [0.29, 0.717) is 12.5 Å². The highest BCUT2D eigenvalue weighted by molar-refractivity contribution is 6.33. The molecule has 1 aromatic carbocycles. The van der Waals surface area contributed by atoms with Crippen molar-refractivity contribution in [2.75, 3.05) is 25.1 Å². The second kappa shape index (κ2) is 6.70. The lowest BCUT2D eigenvalue weighted by atomic mass is 10.2. The van der Waals surface area contributed by atoms with Crippen LogP contribution >= 0.6 is 11.6 Å². The third-order valence-corrected chi connectivity index (χ3v) is 2.22. The van der Waals surface area contributed by atoms with Gasteiger partial charge in [-0.2, -0.15) is 0 Å². The molecule has 0 fully saturated rings. The maximum Gasteiger partial charge on any atom is 0.0639 e. The van der Waals surface area contributed by atoms with E-state index in [1.165, 1.54) is 0 Å². The first kappa shape index (κ1) is 12.3. The quantitative estimate of drug-likeness (QED) is 0.752. The summed E-state index contributed by atoms with van der Waals surface area (Å²) < 4.78 is 5.45. The second-order valence-corrected chi connectivity index (χ2v) is 4.28. The standard InChI is InChI=1S/C12H18ClNO/c1-10(2)9-15-8-7-14-12-6-4-3-5-11(12)13/h3-6,10,14H,7-9H2,1-2H3. The Kier molecular flexibility index (Phi) is 5.51. The van der Waals surface area contributed by atoms with Gasteiger partial charge in [-0.05, 0) is 18.1 Å². The Morgan fingerprint density at radius 1 is 1.33 bits per heavy atom. The summed E-state index contributed by atoms with van der Waals surface area (Å²) >= 11 is 5.98. The molecule has 0 amide bonds. The fraction of sp³-hybridized carbons (Fsp3) is 0.500. The van der Waals surface area contributed by atoms with Crippen LogP contribution in [0.15, 0.2) is 24.3 Å². The van der Waals surface area contributed by atoms with E-state index in [4.69, 9.17) is 16.3 Å². The van der Waals surface area contributed by atoms with Gasteiger partial charge in [0.25, 0.3) is 0 Å². The summed E-state index contributed by atoms with van der Waals surface area (Å²) in [6.45, 7) is 6.59. The predicted octanol–water partition coefficient (Wildman–Crippen LogP) is 3.42. The van der Waals surface area contributed by atoms with Gasteiger partial charge in [-0.15, -0.1) is 0 Å². The maximum absolute atomic E-state index is 5.98. The average molecular weight is 228 g/mol. The SMILES string of the molecule is CC(C)COCCNc1ccccc1Cl. The zero-order valence-electron chi connectivity index (χ0n) is 9.29. The molecule has 0 spiro atoms. The van der Waals surface area contributed by atoms with Crippen LogP contribution in [0.1, 0.15) is 13.8 Å². The Morgan fingerprint density at radius 3 is 2.73 bits per heavy atom. The Labute approximate surface area is 96.6 Å². The molecule has 15 heavy (non-hydrogen) atoms. The Morgan fingerprint density at radius 2 is 2.07 bits per heavy atom. The molecule has 0 aromatic heterocycles. The first-order chi connectivity index (χ1) is 7.20. The molecule has 0 aliphatic rings. The Bertz CT molecular complexity index is 289. The van der Waals surface area contributed by atoms with Gasteiger partial charge in [-0.1, -0.05) is 37.6 Å². The summed E-state index contributed by atoms with van der Waals surface area (Å²) in [6, 6.07) is 7.72. The van der Waals surface area contributed by atoms with E-state index in [0.717, 1.165) is 23.9 Å². The molecule has 0 unspecified atom stereocenters. The zero-order valence-corrected chi connectivity index (χ0v) is 10.1. The van der Waals surface area contributed by atoms with E-state index in [1.807, 2.05) is 24.3 Å². The fourth-order valence-electron chi connectivity index (χ4n) is 1.18. The van der Waals surface area contributed by atoms with Gasteiger partial charge in [0, 0.05) is 13.2 Å². The number of para-hydroxylation sites is 1. The van der Waals surface area contributed by atoms with E-state index in [-0.39, 0.29) is 0 Å². The largest absolute Gasteiger partial charge is 0.382 e. The van der Waals surface area contributed by atoms with E-state index >= 15 is 0 Å². The molecule has 0 saturated carbocycles. The molecule has 0 bridgehead atoms. The summed E-state index contributed by atoms with van der Waals surface area (Å²) in [4.78, 5) is 0. The summed E-state index contributed by atoms with van der Waals surface area (Å²) in [5.74, 6) is 0.588. The molecule has 0 saturated heterocycles. The fourth-order valence-corrected chi connectivity index (χ4v) is 1.38. The number of halogens is 1. The minimum absolute atomic E-state index is 0.588. The number of ether oxygens (including phenoxy) is 1. The minimum Gasteiger partial charge on any atom is -0.382 e. The van der Waals surface area contributed by atoms with Crippen molar-refractivity contribution in [1.29, 1.82) is 0 Å². The molecular weight excluding hydrogens is 210 g/mol. The van der Waals surface area contributed by atoms with Crippen LogP contribution in [0.4, 0.5) is 5.69 Å². The molecule has 0 radical (unpaired) electrons. The molecule has 1 rings (SSSR count). The van der Waals surface area contributed by atoms with E-state index in [1.54, 1.807) is 0 Å². The Hall–Kier alpha value is -0.730. The van der Waals surface area contributed by atoms with Crippen LogP contribution in [-0.4, -0.2) is 19.8 Å². The van der Waals surface area contributed by atoms with E-state index in [2.05, 4.69) is 19.2 Å². The molecule has 84 valence electrons. The summed E-state index contributed by atoms with van der Waals surface area (Å²) in [7, 11) is 0. The van der Waals surface area contributed by atoms with Crippen LogP contribution in [0, 0.1) is 5.92 Å². The van der Waals surface area contributed by atoms with Crippen molar-refractivity contribution in [3.8, 4) is 0 Å². The molecule has 3 heteroatoms. The highest BCUT2D eigenvalue weighted by Gasteiger charge is 1.97. The van der Waals surface area contributed by atoms with Gasteiger partial charge < -0.3 is 10.1 Å². The number of hydrogen-bond acceptors (Lipinski definition) is 2. The van der Waals surface area contributed by atoms with Crippen LogP contribution in [-0.2, 0) is 4.74 Å². The topological polar surface area (TPSA) is 21.3 Å². The monoisotopic (exact) mass is 227 g/mol. The molecule has 0 heterocycles. The van der Waals surface area contributed by atoms with Crippen LogP contribution in [0.2, 0.25) is 5.02 Å². The van der Waals surface area contributed by atoms with Gasteiger partial charge in [-0.25, -0.2) is 0 Å². The summed E-state index contributed by atoms with van der Waals surface area (Å²) in [6.07, 6.45) is 0. The van der Waals surface area contributed by atoms with Crippen LogP contribution in [0.5, 0.6) is 0 Å². The highest BCUT2D eigenvalue weighted by Crippen LogP contribution is 2.19. The van der Waals surface area contributed by atoms with Gasteiger partial charge in [0.1, 0.15) is 0 Å². The maximum atomic E-state index is 5.98. The van der Waals surface area contributed by atoms with Gasteiger partial charge in [-0.3, -0.25) is 0 Å². The molecule has 1 aromatic rings. The molecule has 0 aliphatic heterocycles. The molecule has 0 aliphatic carbocycles. The normalized spacial score (nSPS) is 10.7. The molecule has 0 atom stereocenters. The van der Waals surface area contributed by atoms with E-state index < -0.39 is 0 Å². The number of rotatable bonds is 6. The number of benzene rings is 1. The molecular formula is C12H18ClNO. The zero-order chi connectivity index (χ0) is 11.1. The second-order valence-electron chi connectivity index (χ2n) is 3.88. The van der Waals surface area contributed by atoms with Gasteiger partial charge >= 0.3 is 0 Å². The number of anilines is 1. The third kappa shape index (κ3) is 5.05. The average Bonchev–Trinajstić information content (AvgIpc) is 2.20. The van der Waals surface area contributed by atoms with Crippen molar-refractivity contribution in [1.82, 2.24) is 0 Å². The van der Waals surface area contributed by atoms with Crippen molar-refractivity contribution in [2.24, 2.45) is 5.92 Å². The highest BCUT2D eigenvalue weighted by atomic mass is 35.5. The molecule has 2 nitrogen and oxygen atoms in total. The van der Waals surface area contributed by atoms with Crippen molar-refractivity contribution >= 4 is 17.3 Å². The van der Waals surface area contributed by atoms with Crippen molar-refractivity contribution in [3.63, 3.8) is 0 Å². The lowest BCUT2D eigenvalue weighted by Gasteiger charge is -2.09. The lowest BCUT2D eigenvalue weighted by Crippen LogP contribution is -2.12. The van der Waals surface area contributed by atoms with Gasteiger partial charge in [0.2, 0.25) is 0 Å². The molecule has 1 N–H and O–H groups in total. The third-order valence-electron chi connectivity index (χ3n) is 1.89. The van der Waals surface area contributed by atoms with Crippen molar-refractivity contribution in [3.05, 3.63) is 29.3 Å². The van der Waals surface area contributed by atoms with Crippen LogP contribution in [0.3, 0.4) is 0 Å². The predicted molar refractivity (Wildman–Crippen MR) is 65.6 cm³/mol. The Balaban J connectivity index is 2.18. The summed E-state index contributed by atoms with van der Waals surface area (Å²) in [5.41, 5.74) is 0.965. The first-order valence-electron chi connectivity index (χ1n) is 5.26. The number of nitrogens with one attached hydrogen (secondary N) is 1. The van der Waals surface area contributed by atoms with E-state index in [9.17, 15) is 0 Å². The van der Waals surface area contributed by atoms with Crippen molar-refractivity contribution < 1.29 is 4.74 Å². The smallest absolute Gasteiger partial charge is 0.0639 e. The number of hydrogen-bond donors (Lipinski definition) is 1. The van der Waals surface area contributed by atoms with Crippen LogP contribution < -0.4 is 5.32 Å². The summed E-state index contributed by atoms with van der Waals surface area (Å²) in [5, 5.41) is 3.98. The van der Waals surface area contributed by atoms with Crippen molar-refractivity contribution in [2.45, 2.75) is 13.8 Å². The first-order valence-corrected chi connectivity index (χ1v) is 5.64. The minimum atomic E-state index is 0.588. The van der Waals surface area contributed by atoms with Gasteiger partial charge in [0.15, 0.2) is 0 Å². The van der Waals surface area contributed by atoms with Crippen LogP contribution in [0.25, 0.3) is 0 Å². The lowest BCUT2D eigenvalue weighted by molar-refractivity contribution is 0.118. The van der Waals surface area contributed by atoms with Gasteiger partial charge in [0.05, 0.1) is 17.3 Å².